The minimum atomic E-state index is -0.827. The molecule has 3 N–H and O–H groups in total. The van der Waals surface area contributed by atoms with Gasteiger partial charge in [-0.3, -0.25) is 14.5 Å². The van der Waals surface area contributed by atoms with Gasteiger partial charge in [-0.25, -0.2) is 9.97 Å². The molecule has 1 saturated heterocycles. The van der Waals surface area contributed by atoms with Crippen LogP contribution < -0.4 is 10.5 Å². The van der Waals surface area contributed by atoms with Crippen molar-refractivity contribution in [3.8, 4) is 5.75 Å². The third-order valence-electron chi connectivity index (χ3n) is 7.81. The number of ether oxygens (including phenoxy) is 1. The molecule has 0 saturated carbocycles. The Bertz CT molecular complexity index is 1070. The molecule has 0 spiro atoms. The number of carboxylic acids is 1. The van der Waals surface area contributed by atoms with E-state index in [2.05, 4.69) is 27.9 Å². The first-order chi connectivity index (χ1) is 18.5. The molecule has 2 aliphatic heterocycles. The molecule has 0 bridgehead atoms. The minimum Gasteiger partial charge on any atom is -0.493 e. The maximum Gasteiger partial charge on any atom is 0.308 e. The molecule has 206 valence electrons. The van der Waals surface area contributed by atoms with Gasteiger partial charge in [-0.15, -0.1) is 0 Å². The highest BCUT2D eigenvalue weighted by molar-refractivity contribution is 5.79. The summed E-state index contributed by atoms with van der Waals surface area (Å²) in [5.41, 5.74) is 7.81. The summed E-state index contributed by atoms with van der Waals surface area (Å²) in [6.07, 6.45) is 9.07. The van der Waals surface area contributed by atoms with Crippen LogP contribution in [0.5, 0.6) is 5.75 Å². The van der Waals surface area contributed by atoms with Gasteiger partial charge in [0.25, 0.3) is 0 Å². The minimum absolute atomic E-state index is 0.0589. The lowest BCUT2D eigenvalue weighted by Crippen LogP contribution is -2.45. The first kappa shape index (κ1) is 28.0. The Morgan fingerprint density at radius 3 is 2.71 bits per heavy atom. The Hall–Kier alpha value is -3.04. The summed E-state index contributed by atoms with van der Waals surface area (Å²) in [5, 5.41) is 10.4. The zero-order valence-corrected chi connectivity index (χ0v) is 22.4. The van der Waals surface area contributed by atoms with Crippen LogP contribution >= 0.6 is 0 Å². The molecule has 9 heteroatoms. The molecule has 0 aliphatic carbocycles. The predicted octanol–water partition coefficient (Wildman–Crippen LogP) is 2.88. The molecule has 4 rings (SSSR count). The summed E-state index contributed by atoms with van der Waals surface area (Å²) < 4.78 is 5.67. The average molecular weight is 524 g/mol. The number of aryl methyl sites for hydroxylation is 1. The molecule has 1 unspecified atom stereocenters. The maximum absolute atomic E-state index is 13.6. The number of carbonyl (C=O) groups is 2. The number of aliphatic carboxylic acids is 1. The Labute approximate surface area is 225 Å². The summed E-state index contributed by atoms with van der Waals surface area (Å²) >= 11 is 0. The van der Waals surface area contributed by atoms with E-state index < -0.39 is 11.9 Å². The van der Waals surface area contributed by atoms with Crippen LogP contribution in [0.4, 0.5) is 0 Å². The second-order valence-electron chi connectivity index (χ2n) is 10.4. The topological polar surface area (TPSA) is 122 Å². The second-order valence-corrected chi connectivity index (χ2v) is 10.4. The van der Waals surface area contributed by atoms with Gasteiger partial charge < -0.3 is 20.5 Å². The van der Waals surface area contributed by atoms with E-state index in [-0.39, 0.29) is 24.4 Å². The fourth-order valence-corrected chi connectivity index (χ4v) is 5.79. The van der Waals surface area contributed by atoms with Crippen LogP contribution in [0.1, 0.15) is 61.9 Å². The molecule has 1 aromatic heterocycles. The number of carboxylic acid groups (broad SMARTS) is 1. The number of nitrogens with zero attached hydrogens (tertiary/aromatic N) is 4. The van der Waals surface area contributed by atoms with Crippen molar-refractivity contribution in [2.75, 3.05) is 39.3 Å². The zero-order valence-electron chi connectivity index (χ0n) is 22.4. The highest BCUT2D eigenvalue weighted by Gasteiger charge is 2.47. The molecule has 1 aromatic carbocycles. The highest BCUT2D eigenvalue weighted by atomic mass is 16.5. The third kappa shape index (κ3) is 6.88. The molecule has 0 radical (unpaired) electrons. The largest absolute Gasteiger partial charge is 0.493 e. The van der Waals surface area contributed by atoms with Crippen molar-refractivity contribution >= 4 is 11.9 Å². The van der Waals surface area contributed by atoms with Crippen molar-refractivity contribution in [2.24, 2.45) is 11.7 Å². The van der Waals surface area contributed by atoms with Crippen molar-refractivity contribution in [3.05, 3.63) is 53.6 Å². The van der Waals surface area contributed by atoms with Gasteiger partial charge in [0.1, 0.15) is 11.6 Å². The van der Waals surface area contributed by atoms with Crippen LogP contribution in [0.15, 0.2) is 36.7 Å². The average Bonchev–Trinajstić information content (AvgIpc) is 3.54. The molecule has 1 fully saturated rings. The van der Waals surface area contributed by atoms with Crippen molar-refractivity contribution in [3.63, 3.8) is 0 Å². The SMILES string of the molecule is CCCCN(CCCCN)C(=O)CN1C[C@H](c2ccc3c(c2)CCO3)C(C(=O)O)[C@@H]1CCc1ncccn1. The second kappa shape index (κ2) is 13.7. The van der Waals surface area contributed by atoms with E-state index in [4.69, 9.17) is 10.5 Å². The molecular weight excluding hydrogens is 482 g/mol. The molecule has 2 aliphatic rings. The summed E-state index contributed by atoms with van der Waals surface area (Å²) in [6.45, 7) is 5.52. The number of carbonyl (C=O) groups excluding carboxylic acids is 1. The molecule has 2 aromatic rings. The predicted molar refractivity (Wildman–Crippen MR) is 145 cm³/mol. The van der Waals surface area contributed by atoms with Crippen LogP contribution in [0.3, 0.4) is 0 Å². The summed E-state index contributed by atoms with van der Waals surface area (Å²) in [4.78, 5) is 39.0. The van der Waals surface area contributed by atoms with Gasteiger partial charge in [0, 0.05) is 56.8 Å². The van der Waals surface area contributed by atoms with E-state index in [0.717, 1.165) is 49.0 Å². The number of hydrogen-bond acceptors (Lipinski definition) is 7. The van der Waals surface area contributed by atoms with Crippen molar-refractivity contribution < 1.29 is 19.4 Å². The Kier molecular flexibility index (Phi) is 10.1. The summed E-state index contributed by atoms with van der Waals surface area (Å²) in [6, 6.07) is 7.53. The van der Waals surface area contributed by atoms with Gasteiger partial charge in [0.05, 0.1) is 19.1 Å². The van der Waals surface area contributed by atoms with E-state index >= 15 is 0 Å². The van der Waals surface area contributed by atoms with Gasteiger partial charge in [0.15, 0.2) is 0 Å². The number of rotatable bonds is 14. The number of unbranched alkanes of at least 4 members (excludes halogenated alkanes) is 2. The lowest BCUT2D eigenvalue weighted by Gasteiger charge is -2.29. The number of fused-ring (bicyclic) bond motifs is 1. The van der Waals surface area contributed by atoms with E-state index in [9.17, 15) is 14.7 Å². The van der Waals surface area contributed by atoms with Gasteiger partial charge in [-0.2, -0.15) is 0 Å². The fourth-order valence-electron chi connectivity index (χ4n) is 5.79. The first-order valence-corrected chi connectivity index (χ1v) is 14.0. The Morgan fingerprint density at radius 2 is 1.97 bits per heavy atom. The molecular formula is C29H41N5O4. The van der Waals surface area contributed by atoms with Crippen LogP contribution in [-0.4, -0.2) is 82.1 Å². The molecule has 3 heterocycles. The van der Waals surface area contributed by atoms with Gasteiger partial charge in [-0.1, -0.05) is 25.5 Å². The van der Waals surface area contributed by atoms with E-state index in [0.29, 0.717) is 51.5 Å². The number of hydrogen-bond donors (Lipinski definition) is 2. The van der Waals surface area contributed by atoms with E-state index in [1.165, 1.54) is 0 Å². The molecule has 3 atom stereocenters. The van der Waals surface area contributed by atoms with E-state index in [1.807, 2.05) is 17.0 Å². The normalized spacial score (nSPS) is 20.7. The van der Waals surface area contributed by atoms with Gasteiger partial charge in [0.2, 0.25) is 5.91 Å². The lowest BCUT2D eigenvalue weighted by atomic mass is 9.83. The monoisotopic (exact) mass is 523 g/mol. The number of benzene rings is 1. The van der Waals surface area contributed by atoms with Gasteiger partial charge in [-0.05, 0) is 55.5 Å². The van der Waals surface area contributed by atoms with E-state index in [1.54, 1.807) is 18.5 Å². The Balaban J connectivity index is 1.57. The first-order valence-electron chi connectivity index (χ1n) is 14.0. The van der Waals surface area contributed by atoms with Gasteiger partial charge >= 0.3 is 5.97 Å². The molecule has 1 amide bonds. The van der Waals surface area contributed by atoms with Crippen molar-refractivity contribution in [2.45, 2.75) is 63.8 Å². The lowest BCUT2D eigenvalue weighted by molar-refractivity contribution is -0.143. The van der Waals surface area contributed by atoms with Crippen LogP contribution in [-0.2, 0) is 22.4 Å². The molecule has 38 heavy (non-hydrogen) atoms. The summed E-state index contributed by atoms with van der Waals surface area (Å²) in [7, 11) is 0. The van der Waals surface area contributed by atoms with Crippen molar-refractivity contribution in [1.29, 1.82) is 0 Å². The zero-order chi connectivity index (χ0) is 26.9. The number of nitrogens with two attached hydrogens (primary N) is 1. The fraction of sp³-hybridized carbons (Fsp3) is 0.586. The number of aromatic nitrogens is 2. The number of likely N-dealkylation sites (tertiary alicyclic amines) is 1. The van der Waals surface area contributed by atoms with Crippen LogP contribution in [0, 0.1) is 5.92 Å². The Morgan fingerprint density at radius 1 is 1.18 bits per heavy atom. The molecule has 9 nitrogen and oxygen atoms in total. The smallest absolute Gasteiger partial charge is 0.308 e. The van der Waals surface area contributed by atoms with Crippen LogP contribution in [0.25, 0.3) is 0 Å². The maximum atomic E-state index is 13.6. The standard InChI is InChI=1S/C29H41N5O4/c1-2-3-15-33(16-5-4-12-30)27(35)20-34-19-23(21-7-9-25-22(18-21)11-17-38-25)28(29(36)37)24(34)8-10-26-31-13-6-14-32-26/h6-7,9,13-14,18,23-24,28H,2-5,8,10-12,15-17,19-20,30H2,1H3,(H,36,37)/t23-,24+,28?/m1/s1. The van der Waals surface area contributed by atoms with Crippen LogP contribution in [0.2, 0.25) is 0 Å². The third-order valence-corrected chi connectivity index (χ3v) is 7.81. The quantitative estimate of drug-likeness (QED) is 0.363. The van der Waals surface area contributed by atoms with Crippen molar-refractivity contribution in [1.82, 2.24) is 19.8 Å². The summed E-state index contributed by atoms with van der Waals surface area (Å²) in [5.74, 6) is -0.0441. The highest BCUT2D eigenvalue weighted by Crippen LogP contribution is 2.41. The number of amides is 1.